The Morgan fingerprint density at radius 3 is 2.11 bits per heavy atom. The molecule has 0 radical (unpaired) electrons. The van der Waals surface area contributed by atoms with E-state index in [-0.39, 0.29) is 6.03 Å². The Kier molecular flexibility index (Phi) is 13.5. The van der Waals surface area contributed by atoms with Crippen molar-refractivity contribution in [3.63, 3.8) is 0 Å². The van der Waals surface area contributed by atoms with E-state index in [9.17, 15) is 14.7 Å². The van der Waals surface area contributed by atoms with Crippen molar-refractivity contribution in [2.24, 2.45) is 0 Å². The van der Waals surface area contributed by atoms with E-state index in [0.717, 1.165) is 48.4 Å². The van der Waals surface area contributed by atoms with Gasteiger partial charge in [0.2, 0.25) is 0 Å². The first kappa shape index (κ1) is 29.8. The summed E-state index contributed by atoms with van der Waals surface area (Å²) in [7, 11) is 0. The van der Waals surface area contributed by atoms with E-state index >= 15 is 0 Å². The Hall–Kier alpha value is -2.47. The van der Waals surface area contributed by atoms with E-state index in [1.165, 1.54) is 36.6 Å². The van der Waals surface area contributed by atoms with Gasteiger partial charge in [-0.1, -0.05) is 89.8 Å². The summed E-state index contributed by atoms with van der Waals surface area (Å²) in [6, 6.07) is 16.2. The van der Waals surface area contributed by atoms with Gasteiger partial charge in [0.1, 0.15) is 5.25 Å². The molecule has 0 aromatic heterocycles. The van der Waals surface area contributed by atoms with Crippen molar-refractivity contribution < 1.29 is 14.7 Å². The maximum atomic E-state index is 13.1. The van der Waals surface area contributed by atoms with Gasteiger partial charge in [-0.3, -0.25) is 4.79 Å². The van der Waals surface area contributed by atoms with Crippen molar-refractivity contribution in [2.75, 3.05) is 24.2 Å². The van der Waals surface area contributed by atoms with Gasteiger partial charge >= 0.3 is 12.0 Å². The molecule has 0 aliphatic heterocycles. The molecule has 0 saturated carbocycles. The number of carbonyl (C=O) groups excluding carboxylic acids is 1. The molecule has 0 bridgehead atoms. The Labute approximate surface area is 222 Å². The number of urea groups is 1. The molecule has 2 aromatic rings. The molecule has 0 aliphatic rings. The lowest BCUT2D eigenvalue weighted by atomic mass is 10.0. The van der Waals surface area contributed by atoms with Crippen LogP contribution in [-0.4, -0.2) is 46.1 Å². The molecule has 198 valence electrons. The number of anilines is 1. The molecular formula is C30H44N2O3S. The highest BCUT2D eigenvalue weighted by Crippen LogP contribution is 2.19. The molecule has 2 rings (SSSR count). The number of hydrogen-bond acceptors (Lipinski definition) is 3. The maximum absolute atomic E-state index is 13.1. The molecule has 1 atom stereocenters. The second-order valence-corrected chi connectivity index (χ2v) is 11.1. The number of nitrogens with zero attached hydrogens (tertiary/aromatic N) is 1. The third-order valence-corrected chi connectivity index (χ3v) is 7.51. The molecule has 2 aromatic carbocycles. The van der Waals surface area contributed by atoms with Crippen LogP contribution < -0.4 is 5.32 Å². The van der Waals surface area contributed by atoms with Gasteiger partial charge in [0.15, 0.2) is 0 Å². The molecule has 0 aliphatic carbocycles. The SMILES string of the molecule is CCCCCCCN(CCc1ccc(C[C@H](SCC)C(=O)O)cc1)C(=O)Nc1ccc(C(C)C)cc1. The van der Waals surface area contributed by atoms with Gasteiger partial charge in [-0.05, 0) is 59.8 Å². The summed E-state index contributed by atoms with van der Waals surface area (Å²) in [5.74, 6) is 0.485. The van der Waals surface area contributed by atoms with Crippen LogP contribution in [0.3, 0.4) is 0 Å². The zero-order valence-electron chi connectivity index (χ0n) is 22.5. The second kappa shape index (κ2) is 16.3. The monoisotopic (exact) mass is 512 g/mol. The number of thioether (sulfide) groups is 1. The summed E-state index contributed by atoms with van der Waals surface area (Å²) < 4.78 is 0. The largest absolute Gasteiger partial charge is 0.480 e. The van der Waals surface area contributed by atoms with Crippen LogP contribution >= 0.6 is 11.8 Å². The van der Waals surface area contributed by atoms with Gasteiger partial charge in [-0.25, -0.2) is 4.79 Å². The van der Waals surface area contributed by atoms with Gasteiger partial charge in [0.25, 0.3) is 0 Å². The molecule has 6 heteroatoms. The van der Waals surface area contributed by atoms with Crippen LogP contribution in [0, 0.1) is 0 Å². The number of aliphatic carboxylic acids is 1. The van der Waals surface area contributed by atoms with E-state index in [1.807, 2.05) is 36.1 Å². The van der Waals surface area contributed by atoms with E-state index in [4.69, 9.17) is 0 Å². The molecule has 0 fully saturated rings. The van der Waals surface area contributed by atoms with Gasteiger partial charge in [-0.2, -0.15) is 0 Å². The lowest BCUT2D eigenvalue weighted by Crippen LogP contribution is -2.37. The van der Waals surface area contributed by atoms with Gasteiger partial charge in [0, 0.05) is 18.8 Å². The zero-order chi connectivity index (χ0) is 26.3. The summed E-state index contributed by atoms with van der Waals surface area (Å²) >= 11 is 1.47. The van der Waals surface area contributed by atoms with E-state index in [2.05, 4.69) is 50.4 Å². The summed E-state index contributed by atoms with van der Waals surface area (Å²) in [4.78, 5) is 26.5. The number of carboxylic acids is 1. The highest BCUT2D eigenvalue weighted by atomic mass is 32.2. The predicted octanol–water partition coefficient (Wildman–Crippen LogP) is 7.61. The van der Waals surface area contributed by atoms with Crippen molar-refractivity contribution in [3.8, 4) is 0 Å². The summed E-state index contributed by atoms with van der Waals surface area (Å²) in [5, 5.41) is 12.1. The fourth-order valence-electron chi connectivity index (χ4n) is 4.11. The highest BCUT2D eigenvalue weighted by Gasteiger charge is 2.18. The number of carboxylic acid groups (broad SMARTS) is 1. The molecule has 5 nitrogen and oxygen atoms in total. The van der Waals surface area contributed by atoms with Gasteiger partial charge < -0.3 is 15.3 Å². The second-order valence-electron chi connectivity index (χ2n) is 9.66. The molecule has 0 heterocycles. The first-order chi connectivity index (χ1) is 17.3. The number of unbranched alkanes of at least 4 members (excludes halogenated alkanes) is 4. The minimum Gasteiger partial charge on any atom is -0.480 e. The molecule has 0 spiro atoms. The minimum atomic E-state index is -0.759. The Bertz CT molecular complexity index is 913. The molecule has 0 saturated heterocycles. The predicted molar refractivity (Wildman–Crippen MR) is 153 cm³/mol. The highest BCUT2D eigenvalue weighted by molar-refractivity contribution is 8.00. The van der Waals surface area contributed by atoms with Crippen LogP contribution in [-0.2, 0) is 17.6 Å². The number of benzene rings is 2. The normalized spacial score (nSPS) is 11.9. The van der Waals surface area contributed by atoms with Crippen LogP contribution in [0.2, 0.25) is 0 Å². The summed E-state index contributed by atoms with van der Waals surface area (Å²) in [6.45, 7) is 9.90. The maximum Gasteiger partial charge on any atom is 0.321 e. The smallest absolute Gasteiger partial charge is 0.321 e. The molecule has 2 amide bonds. The average molecular weight is 513 g/mol. The number of carbonyl (C=O) groups is 2. The lowest BCUT2D eigenvalue weighted by molar-refractivity contribution is -0.136. The fraction of sp³-hybridized carbons (Fsp3) is 0.533. The van der Waals surface area contributed by atoms with Crippen LogP contribution in [0.5, 0.6) is 0 Å². The van der Waals surface area contributed by atoms with Crippen molar-refractivity contribution in [2.45, 2.75) is 83.8 Å². The fourth-order valence-corrected chi connectivity index (χ4v) is 4.97. The summed E-state index contributed by atoms with van der Waals surface area (Å²) in [5.41, 5.74) is 4.26. The topological polar surface area (TPSA) is 69.6 Å². The van der Waals surface area contributed by atoms with Crippen LogP contribution in [0.25, 0.3) is 0 Å². The van der Waals surface area contributed by atoms with Crippen molar-refractivity contribution in [3.05, 3.63) is 65.2 Å². The third-order valence-electron chi connectivity index (χ3n) is 6.41. The molecule has 2 N–H and O–H groups in total. The lowest BCUT2D eigenvalue weighted by Gasteiger charge is -2.23. The number of amides is 2. The Morgan fingerprint density at radius 2 is 1.53 bits per heavy atom. The standard InChI is InChI=1S/C30H44N2O3S/c1-5-7-8-9-10-20-32(30(35)31-27-17-15-26(16-18-27)23(3)4)21-19-24-11-13-25(14-12-24)22-28(29(33)34)36-6-2/h11-18,23,28H,5-10,19-22H2,1-4H3,(H,31,35)(H,33,34)/t28-/m0/s1. The summed E-state index contributed by atoms with van der Waals surface area (Å²) in [6.07, 6.45) is 7.08. The molecule has 0 unspecified atom stereocenters. The number of rotatable bonds is 16. The zero-order valence-corrected chi connectivity index (χ0v) is 23.3. The first-order valence-electron chi connectivity index (χ1n) is 13.4. The number of hydrogen-bond donors (Lipinski definition) is 2. The first-order valence-corrected chi connectivity index (χ1v) is 14.5. The minimum absolute atomic E-state index is 0.0553. The Balaban J connectivity index is 1.98. The molecule has 36 heavy (non-hydrogen) atoms. The van der Waals surface area contributed by atoms with Crippen LogP contribution in [0.15, 0.2) is 48.5 Å². The quantitative estimate of drug-likeness (QED) is 0.227. The third kappa shape index (κ3) is 10.7. The van der Waals surface area contributed by atoms with E-state index in [1.54, 1.807) is 0 Å². The van der Waals surface area contributed by atoms with Crippen molar-refractivity contribution >= 4 is 29.4 Å². The van der Waals surface area contributed by atoms with Gasteiger partial charge in [-0.15, -0.1) is 11.8 Å². The number of nitrogens with one attached hydrogen (secondary N) is 1. The van der Waals surface area contributed by atoms with Gasteiger partial charge in [0.05, 0.1) is 0 Å². The van der Waals surface area contributed by atoms with E-state index in [0.29, 0.717) is 18.9 Å². The van der Waals surface area contributed by atoms with Crippen molar-refractivity contribution in [1.82, 2.24) is 4.90 Å². The van der Waals surface area contributed by atoms with E-state index < -0.39 is 11.2 Å². The van der Waals surface area contributed by atoms with Crippen molar-refractivity contribution in [1.29, 1.82) is 0 Å². The molecular weight excluding hydrogens is 468 g/mol. The van der Waals surface area contributed by atoms with Crippen LogP contribution in [0.4, 0.5) is 10.5 Å². The average Bonchev–Trinajstić information content (AvgIpc) is 2.86. The van der Waals surface area contributed by atoms with Crippen LogP contribution in [0.1, 0.15) is 82.4 Å². The Morgan fingerprint density at radius 1 is 0.889 bits per heavy atom.